The lowest BCUT2D eigenvalue weighted by atomic mass is 9.78. The molecule has 2 heterocycles. The van der Waals surface area contributed by atoms with Crippen molar-refractivity contribution in [3.05, 3.63) is 16.1 Å². The summed E-state index contributed by atoms with van der Waals surface area (Å²) in [5.74, 6) is 0.122. The van der Waals surface area contributed by atoms with Gasteiger partial charge in [0, 0.05) is 25.5 Å². The van der Waals surface area contributed by atoms with E-state index < -0.39 is 0 Å². The first-order chi connectivity index (χ1) is 10.2. The maximum Gasteiger partial charge on any atom is 0.228 e. The molecule has 2 rings (SSSR count). The number of aromatic nitrogens is 1. The maximum absolute atomic E-state index is 12.5. The number of hydrogen-bond acceptors (Lipinski definition) is 5. The van der Waals surface area contributed by atoms with Crippen molar-refractivity contribution in [3.63, 3.8) is 0 Å². The van der Waals surface area contributed by atoms with E-state index in [-0.39, 0.29) is 11.3 Å². The predicted octanol–water partition coefficient (Wildman–Crippen LogP) is 1.38. The summed E-state index contributed by atoms with van der Waals surface area (Å²) in [4.78, 5) is 17.0. The molecule has 1 aromatic rings. The Morgan fingerprint density at radius 2 is 2.29 bits per heavy atom. The van der Waals surface area contributed by atoms with E-state index in [2.05, 4.69) is 27.9 Å². The summed E-state index contributed by atoms with van der Waals surface area (Å²) < 4.78 is 5.29. The standard InChI is InChI=1S/C15H25N3O2S/c1-3-13-18-12(10-21-13)4-7-17-14(19)15(11-20-2)5-8-16-9-6-15/h10,16H,3-9,11H2,1-2H3,(H,17,19). The van der Waals surface area contributed by atoms with Crippen LogP contribution in [0.3, 0.4) is 0 Å². The molecule has 1 amide bonds. The summed E-state index contributed by atoms with van der Waals surface area (Å²) in [6.45, 7) is 5.00. The Bertz CT molecular complexity index is 450. The van der Waals surface area contributed by atoms with E-state index in [4.69, 9.17) is 4.74 Å². The second-order valence-corrected chi connectivity index (χ2v) is 6.50. The molecule has 0 aliphatic carbocycles. The van der Waals surface area contributed by atoms with Gasteiger partial charge >= 0.3 is 0 Å². The van der Waals surface area contributed by atoms with Gasteiger partial charge in [-0.1, -0.05) is 6.92 Å². The highest BCUT2D eigenvalue weighted by Crippen LogP contribution is 2.29. The number of methoxy groups -OCH3 is 1. The average Bonchev–Trinajstić information content (AvgIpc) is 2.96. The molecule has 1 aliphatic rings. The third-order valence-electron chi connectivity index (χ3n) is 4.03. The summed E-state index contributed by atoms with van der Waals surface area (Å²) in [6, 6.07) is 0. The van der Waals surface area contributed by atoms with Gasteiger partial charge in [-0.25, -0.2) is 4.98 Å². The van der Waals surface area contributed by atoms with Crippen LogP contribution in [0.25, 0.3) is 0 Å². The largest absolute Gasteiger partial charge is 0.384 e. The van der Waals surface area contributed by atoms with Gasteiger partial charge in [-0.05, 0) is 32.4 Å². The Balaban J connectivity index is 1.84. The molecule has 0 radical (unpaired) electrons. The Labute approximate surface area is 130 Å². The summed E-state index contributed by atoms with van der Waals surface area (Å²) in [5, 5.41) is 9.61. The molecule has 0 unspecified atom stereocenters. The van der Waals surface area contributed by atoms with Crippen LogP contribution in [0, 0.1) is 5.41 Å². The van der Waals surface area contributed by atoms with Crippen LogP contribution in [0.4, 0.5) is 0 Å². The molecular formula is C15H25N3O2S. The highest BCUT2D eigenvalue weighted by atomic mass is 32.1. The van der Waals surface area contributed by atoms with Crippen LogP contribution < -0.4 is 10.6 Å². The third kappa shape index (κ3) is 4.25. The third-order valence-corrected chi connectivity index (χ3v) is 5.07. The number of carbonyl (C=O) groups excluding carboxylic acids is 1. The van der Waals surface area contributed by atoms with E-state index in [0.29, 0.717) is 13.2 Å². The lowest BCUT2D eigenvalue weighted by Gasteiger charge is -2.35. The normalized spacial score (nSPS) is 17.6. The van der Waals surface area contributed by atoms with Gasteiger partial charge in [0.2, 0.25) is 5.91 Å². The Hall–Kier alpha value is -0.980. The van der Waals surface area contributed by atoms with Crippen LogP contribution in [-0.4, -0.2) is 44.2 Å². The van der Waals surface area contributed by atoms with Crippen molar-refractivity contribution in [3.8, 4) is 0 Å². The number of nitrogens with one attached hydrogen (secondary N) is 2. The van der Waals surface area contributed by atoms with Gasteiger partial charge in [0.05, 0.1) is 22.7 Å². The minimum atomic E-state index is -0.364. The molecule has 21 heavy (non-hydrogen) atoms. The summed E-state index contributed by atoms with van der Waals surface area (Å²) in [6.07, 6.45) is 3.44. The highest BCUT2D eigenvalue weighted by Gasteiger charge is 2.39. The molecule has 1 fully saturated rings. The van der Waals surface area contributed by atoms with Crippen LogP contribution in [0.15, 0.2) is 5.38 Å². The van der Waals surface area contributed by atoms with Crippen molar-refractivity contribution in [2.24, 2.45) is 5.41 Å². The number of nitrogens with zero attached hydrogens (tertiary/aromatic N) is 1. The monoisotopic (exact) mass is 311 g/mol. The highest BCUT2D eigenvalue weighted by molar-refractivity contribution is 7.09. The fourth-order valence-corrected chi connectivity index (χ4v) is 3.52. The van der Waals surface area contributed by atoms with E-state index >= 15 is 0 Å². The summed E-state index contributed by atoms with van der Waals surface area (Å²) in [7, 11) is 1.67. The molecule has 0 spiro atoms. The number of ether oxygens (including phenoxy) is 1. The molecule has 0 saturated carbocycles. The van der Waals surface area contributed by atoms with Crippen LogP contribution >= 0.6 is 11.3 Å². The van der Waals surface area contributed by atoms with Gasteiger partial charge < -0.3 is 15.4 Å². The van der Waals surface area contributed by atoms with Crippen LogP contribution in [0.2, 0.25) is 0 Å². The van der Waals surface area contributed by atoms with E-state index in [1.165, 1.54) is 0 Å². The first-order valence-electron chi connectivity index (χ1n) is 7.61. The molecule has 118 valence electrons. The Morgan fingerprint density at radius 3 is 2.90 bits per heavy atom. The zero-order valence-electron chi connectivity index (χ0n) is 12.9. The molecule has 5 nitrogen and oxygen atoms in total. The second kappa shape index (κ2) is 7.87. The molecule has 2 N–H and O–H groups in total. The molecule has 1 saturated heterocycles. The van der Waals surface area contributed by atoms with Crippen LogP contribution in [0.1, 0.15) is 30.5 Å². The van der Waals surface area contributed by atoms with Crippen molar-refractivity contribution in [2.75, 3.05) is 33.4 Å². The first kappa shape index (κ1) is 16.4. The lowest BCUT2D eigenvalue weighted by molar-refractivity contribution is -0.136. The average molecular weight is 311 g/mol. The molecule has 6 heteroatoms. The fourth-order valence-electron chi connectivity index (χ4n) is 2.74. The topological polar surface area (TPSA) is 63.2 Å². The quantitative estimate of drug-likeness (QED) is 0.798. The number of carbonyl (C=O) groups is 1. The van der Waals surface area contributed by atoms with Gasteiger partial charge in [0.15, 0.2) is 0 Å². The van der Waals surface area contributed by atoms with Gasteiger partial charge in [0.1, 0.15) is 0 Å². The number of thiazole rings is 1. The smallest absolute Gasteiger partial charge is 0.228 e. The fraction of sp³-hybridized carbons (Fsp3) is 0.733. The second-order valence-electron chi connectivity index (χ2n) is 5.56. The van der Waals surface area contributed by atoms with Crippen molar-refractivity contribution in [2.45, 2.75) is 32.6 Å². The zero-order valence-corrected chi connectivity index (χ0v) is 13.7. The predicted molar refractivity (Wildman–Crippen MR) is 84.6 cm³/mol. The number of hydrogen-bond donors (Lipinski definition) is 2. The minimum absolute atomic E-state index is 0.122. The van der Waals surface area contributed by atoms with Gasteiger partial charge in [-0.2, -0.15) is 0 Å². The SMILES string of the molecule is CCc1nc(CCNC(=O)C2(COC)CCNCC2)cs1. The van der Waals surface area contributed by atoms with Crippen LogP contribution in [-0.2, 0) is 22.4 Å². The zero-order chi connectivity index (χ0) is 15.1. The van der Waals surface area contributed by atoms with Crippen molar-refractivity contribution < 1.29 is 9.53 Å². The first-order valence-corrected chi connectivity index (χ1v) is 8.49. The number of amides is 1. The van der Waals surface area contributed by atoms with E-state index in [1.807, 2.05) is 0 Å². The Kier molecular flexibility index (Phi) is 6.14. The minimum Gasteiger partial charge on any atom is -0.384 e. The van der Waals surface area contributed by atoms with E-state index in [1.54, 1.807) is 18.4 Å². The summed E-state index contributed by atoms with van der Waals surface area (Å²) in [5.41, 5.74) is 0.708. The number of aryl methyl sites for hydroxylation is 1. The van der Waals surface area contributed by atoms with E-state index in [0.717, 1.165) is 49.5 Å². The van der Waals surface area contributed by atoms with E-state index in [9.17, 15) is 4.79 Å². The molecule has 1 aliphatic heterocycles. The maximum atomic E-state index is 12.5. The Morgan fingerprint density at radius 1 is 1.52 bits per heavy atom. The number of piperidine rings is 1. The van der Waals surface area contributed by atoms with Crippen molar-refractivity contribution in [1.82, 2.24) is 15.6 Å². The molecule has 0 bridgehead atoms. The van der Waals surface area contributed by atoms with Crippen LogP contribution in [0.5, 0.6) is 0 Å². The molecule has 0 atom stereocenters. The molecule has 1 aromatic heterocycles. The lowest BCUT2D eigenvalue weighted by Crippen LogP contribution is -2.50. The van der Waals surface area contributed by atoms with Crippen molar-refractivity contribution in [1.29, 1.82) is 0 Å². The number of rotatable bonds is 7. The van der Waals surface area contributed by atoms with Gasteiger partial charge in [-0.3, -0.25) is 4.79 Å². The van der Waals surface area contributed by atoms with Crippen molar-refractivity contribution >= 4 is 17.2 Å². The summed E-state index contributed by atoms with van der Waals surface area (Å²) >= 11 is 1.69. The van der Waals surface area contributed by atoms with Gasteiger partial charge in [0.25, 0.3) is 0 Å². The molecular weight excluding hydrogens is 286 g/mol. The van der Waals surface area contributed by atoms with Gasteiger partial charge in [-0.15, -0.1) is 11.3 Å². The molecule has 0 aromatic carbocycles.